The normalized spacial score (nSPS) is 13.9. The summed E-state index contributed by atoms with van der Waals surface area (Å²) in [5.41, 5.74) is 11.6. The average molecular weight is 430 g/mol. The van der Waals surface area contributed by atoms with Gasteiger partial charge in [0, 0.05) is 25.0 Å². The number of nitrogens with one attached hydrogen (secondary N) is 1. The predicted octanol–water partition coefficient (Wildman–Crippen LogP) is 3.53. The van der Waals surface area contributed by atoms with Crippen molar-refractivity contribution in [3.8, 4) is 0 Å². The fourth-order valence-electron chi connectivity index (χ4n) is 4.02. The van der Waals surface area contributed by atoms with E-state index in [9.17, 15) is 4.79 Å². The molecule has 1 aliphatic carbocycles. The van der Waals surface area contributed by atoms with Crippen LogP contribution in [0.4, 0.5) is 5.82 Å². The second-order valence-corrected chi connectivity index (χ2v) is 8.44. The van der Waals surface area contributed by atoms with Crippen LogP contribution >= 0.6 is 0 Å². The fraction of sp³-hybridized carbons (Fsp3) is 0.346. The van der Waals surface area contributed by atoms with Gasteiger partial charge in [0.15, 0.2) is 0 Å². The molecule has 4 rings (SSSR count). The highest BCUT2D eigenvalue weighted by atomic mass is 16.2. The Morgan fingerprint density at radius 1 is 1.03 bits per heavy atom. The molecular formula is C26H31N5O. The zero-order valence-corrected chi connectivity index (χ0v) is 18.6. The molecule has 1 aromatic carbocycles. The SMILES string of the molecule is CC(N)C(=O)N(Cc1ccc(CNCc2ccccn2)cc1)c1ccc2c(n1)CCCC2. The minimum atomic E-state index is -0.581. The Hall–Kier alpha value is -3.09. The highest BCUT2D eigenvalue weighted by molar-refractivity contribution is 5.95. The van der Waals surface area contributed by atoms with Gasteiger partial charge in [-0.3, -0.25) is 14.7 Å². The van der Waals surface area contributed by atoms with Crippen molar-refractivity contribution >= 4 is 11.7 Å². The summed E-state index contributed by atoms with van der Waals surface area (Å²) in [5.74, 6) is 0.573. The van der Waals surface area contributed by atoms with Crippen molar-refractivity contribution in [1.82, 2.24) is 15.3 Å². The molecule has 2 aromatic heterocycles. The molecule has 6 nitrogen and oxygen atoms in total. The molecule has 0 saturated heterocycles. The molecule has 2 heterocycles. The molecule has 0 aliphatic heterocycles. The zero-order chi connectivity index (χ0) is 22.3. The molecule has 0 spiro atoms. The molecule has 3 aromatic rings. The molecule has 1 unspecified atom stereocenters. The van der Waals surface area contributed by atoms with Crippen molar-refractivity contribution < 1.29 is 4.79 Å². The third kappa shape index (κ3) is 5.58. The Labute approximate surface area is 189 Å². The monoisotopic (exact) mass is 429 g/mol. The second kappa shape index (κ2) is 10.5. The number of nitrogens with zero attached hydrogens (tertiary/aromatic N) is 3. The van der Waals surface area contributed by atoms with Crippen molar-refractivity contribution in [3.63, 3.8) is 0 Å². The van der Waals surface area contributed by atoms with Crippen LogP contribution in [0.5, 0.6) is 0 Å². The fourth-order valence-corrected chi connectivity index (χ4v) is 4.02. The van der Waals surface area contributed by atoms with E-state index in [0.29, 0.717) is 12.4 Å². The summed E-state index contributed by atoms with van der Waals surface area (Å²) in [7, 11) is 0. The number of carbonyl (C=O) groups excluding carboxylic acids is 1. The molecule has 166 valence electrons. The smallest absolute Gasteiger partial charge is 0.245 e. The van der Waals surface area contributed by atoms with Crippen LogP contribution in [-0.2, 0) is 37.3 Å². The Morgan fingerprint density at radius 3 is 2.56 bits per heavy atom. The maximum absolute atomic E-state index is 12.9. The molecule has 0 radical (unpaired) electrons. The number of aromatic nitrogens is 2. The number of amides is 1. The third-order valence-electron chi connectivity index (χ3n) is 5.82. The number of fused-ring (bicyclic) bond motifs is 1. The van der Waals surface area contributed by atoms with E-state index in [1.54, 1.807) is 18.0 Å². The lowest BCUT2D eigenvalue weighted by atomic mass is 9.96. The van der Waals surface area contributed by atoms with E-state index in [2.05, 4.69) is 40.6 Å². The highest BCUT2D eigenvalue weighted by Crippen LogP contribution is 2.24. The number of hydrogen-bond acceptors (Lipinski definition) is 5. The van der Waals surface area contributed by atoms with Crippen LogP contribution in [0.1, 0.15) is 47.8 Å². The van der Waals surface area contributed by atoms with Crippen LogP contribution in [0.2, 0.25) is 0 Å². The average Bonchev–Trinajstić information content (AvgIpc) is 2.83. The molecular weight excluding hydrogens is 398 g/mol. The zero-order valence-electron chi connectivity index (χ0n) is 18.6. The molecule has 0 saturated carbocycles. The lowest BCUT2D eigenvalue weighted by Crippen LogP contribution is -2.42. The van der Waals surface area contributed by atoms with E-state index in [0.717, 1.165) is 49.3 Å². The van der Waals surface area contributed by atoms with Gasteiger partial charge in [0.05, 0.1) is 18.3 Å². The summed E-state index contributed by atoms with van der Waals surface area (Å²) < 4.78 is 0. The number of rotatable bonds is 8. The summed E-state index contributed by atoms with van der Waals surface area (Å²) in [6.07, 6.45) is 6.21. The highest BCUT2D eigenvalue weighted by Gasteiger charge is 2.22. The molecule has 0 bridgehead atoms. The number of pyridine rings is 2. The van der Waals surface area contributed by atoms with Gasteiger partial charge in [-0.05, 0) is 67.5 Å². The maximum atomic E-state index is 12.9. The topological polar surface area (TPSA) is 84.1 Å². The minimum Gasteiger partial charge on any atom is -0.320 e. The van der Waals surface area contributed by atoms with Gasteiger partial charge in [0.25, 0.3) is 0 Å². The van der Waals surface area contributed by atoms with Crippen molar-refractivity contribution in [3.05, 3.63) is 88.9 Å². The van der Waals surface area contributed by atoms with E-state index < -0.39 is 6.04 Å². The first-order valence-electron chi connectivity index (χ1n) is 11.3. The lowest BCUT2D eigenvalue weighted by molar-refractivity contribution is -0.119. The van der Waals surface area contributed by atoms with Crippen molar-refractivity contribution in [2.45, 2.75) is 58.3 Å². The summed E-state index contributed by atoms with van der Waals surface area (Å²) in [5, 5.41) is 3.41. The van der Waals surface area contributed by atoms with Gasteiger partial charge in [-0.2, -0.15) is 0 Å². The second-order valence-electron chi connectivity index (χ2n) is 8.44. The van der Waals surface area contributed by atoms with Crippen LogP contribution in [0, 0.1) is 0 Å². The van der Waals surface area contributed by atoms with Gasteiger partial charge in [0.2, 0.25) is 5.91 Å². The first kappa shape index (κ1) is 22.1. The Balaban J connectivity index is 1.43. The number of hydrogen-bond donors (Lipinski definition) is 2. The van der Waals surface area contributed by atoms with Gasteiger partial charge >= 0.3 is 0 Å². The van der Waals surface area contributed by atoms with Crippen LogP contribution in [0.3, 0.4) is 0 Å². The third-order valence-corrected chi connectivity index (χ3v) is 5.82. The molecule has 1 aliphatic rings. The number of benzene rings is 1. The predicted molar refractivity (Wildman–Crippen MR) is 127 cm³/mol. The first-order chi connectivity index (χ1) is 15.6. The molecule has 6 heteroatoms. The minimum absolute atomic E-state index is 0.116. The van der Waals surface area contributed by atoms with Gasteiger partial charge < -0.3 is 11.1 Å². The summed E-state index contributed by atoms with van der Waals surface area (Å²) in [4.78, 5) is 23.8. The largest absolute Gasteiger partial charge is 0.320 e. The number of carbonyl (C=O) groups is 1. The molecule has 0 fully saturated rings. The molecule has 1 atom stereocenters. The van der Waals surface area contributed by atoms with Crippen molar-refractivity contribution in [2.24, 2.45) is 5.73 Å². The lowest BCUT2D eigenvalue weighted by Gasteiger charge is -2.26. The first-order valence-corrected chi connectivity index (χ1v) is 11.3. The van der Waals surface area contributed by atoms with Crippen LogP contribution in [-0.4, -0.2) is 21.9 Å². The number of anilines is 1. The molecule has 1 amide bonds. The number of nitrogens with two attached hydrogens (primary N) is 1. The standard InChI is InChI=1S/C26H31N5O/c1-19(27)26(32)31(25-14-13-22-6-2-3-8-24(22)30-25)18-21-11-9-20(10-12-21)16-28-17-23-7-4-5-15-29-23/h4-5,7,9-15,19,28H,2-3,6,8,16-18,27H2,1H3. The van der Waals surface area contributed by atoms with Gasteiger partial charge in [-0.1, -0.05) is 36.4 Å². The molecule has 3 N–H and O–H groups in total. The van der Waals surface area contributed by atoms with E-state index in [-0.39, 0.29) is 5.91 Å². The van der Waals surface area contributed by atoms with E-state index >= 15 is 0 Å². The van der Waals surface area contributed by atoms with Gasteiger partial charge in [-0.15, -0.1) is 0 Å². The quantitative estimate of drug-likeness (QED) is 0.572. The van der Waals surface area contributed by atoms with Crippen molar-refractivity contribution in [1.29, 1.82) is 0 Å². The Kier molecular flexibility index (Phi) is 7.24. The van der Waals surface area contributed by atoms with E-state index in [1.165, 1.54) is 17.5 Å². The number of aryl methyl sites for hydroxylation is 2. The van der Waals surface area contributed by atoms with Gasteiger partial charge in [-0.25, -0.2) is 4.98 Å². The Bertz CT molecular complexity index is 1030. The van der Waals surface area contributed by atoms with Gasteiger partial charge in [0.1, 0.15) is 5.82 Å². The van der Waals surface area contributed by atoms with E-state index in [1.807, 2.05) is 24.3 Å². The Morgan fingerprint density at radius 2 is 1.81 bits per heavy atom. The van der Waals surface area contributed by atoms with Crippen LogP contribution < -0.4 is 16.0 Å². The van der Waals surface area contributed by atoms with Crippen LogP contribution in [0.15, 0.2) is 60.8 Å². The van der Waals surface area contributed by atoms with Crippen molar-refractivity contribution in [2.75, 3.05) is 4.90 Å². The maximum Gasteiger partial charge on any atom is 0.245 e. The summed E-state index contributed by atoms with van der Waals surface area (Å²) in [6, 6.07) is 17.7. The van der Waals surface area contributed by atoms with Crippen LogP contribution in [0.25, 0.3) is 0 Å². The summed E-state index contributed by atoms with van der Waals surface area (Å²) >= 11 is 0. The van der Waals surface area contributed by atoms with E-state index in [4.69, 9.17) is 10.7 Å². The summed E-state index contributed by atoms with van der Waals surface area (Å²) in [6.45, 7) is 3.66. The molecule has 32 heavy (non-hydrogen) atoms.